The summed E-state index contributed by atoms with van der Waals surface area (Å²) in [6, 6.07) is 0. The van der Waals surface area contributed by atoms with E-state index >= 15 is 0 Å². The van der Waals surface area contributed by atoms with E-state index in [0.29, 0.717) is 0 Å². The molecule has 0 aliphatic rings. The Kier molecular flexibility index (Phi) is 7.23. The van der Waals surface area contributed by atoms with Crippen molar-refractivity contribution in [2.24, 2.45) is 16.7 Å². The van der Waals surface area contributed by atoms with Crippen LogP contribution >= 0.6 is 0 Å². The predicted molar refractivity (Wildman–Crippen MR) is 83.4 cm³/mol. The van der Waals surface area contributed by atoms with Crippen molar-refractivity contribution in [3.8, 4) is 0 Å². The van der Waals surface area contributed by atoms with E-state index in [4.69, 9.17) is 9.47 Å². The zero-order valence-electron chi connectivity index (χ0n) is 14.9. The van der Waals surface area contributed by atoms with Gasteiger partial charge in [-0.25, -0.2) is 0 Å². The number of carbonyl (C=O) groups excluding carboxylic acids is 1. The molecule has 120 valence electrons. The standard InChI is InChI=1S/C17H34O3/c1-10-17(9,11-16(6,7)8)15(18)20-14(12(2)3)19-13(4)5/h12-14H,10-11H2,1-9H3. The molecule has 0 aromatic rings. The highest BCUT2D eigenvalue weighted by Crippen LogP contribution is 2.37. The highest BCUT2D eigenvalue weighted by molar-refractivity contribution is 5.76. The van der Waals surface area contributed by atoms with Crippen LogP contribution in [0.15, 0.2) is 0 Å². The summed E-state index contributed by atoms with van der Waals surface area (Å²) >= 11 is 0. The third-order valence-electron chi connectivity index (χ3n) is 3.37. The largest absolute Gasteiger partial charge is 0.435 e. The first-order chi connectivity index (χ1) is 8.91. The minimum Gasteiger partial charge on any atom is -0.435 e. The van der Waals surface area contributed by atoms with Gasteiger partial charge < -0.3 is 9.47 Å². The third kappa shape index (κ3) is 6.74. The molecule has 3 heteroatoms. The number of rotatable bonds is 7. The van der Waals surface area contributed by atoms with Gasteiger partial charge in [0.15, 0.2) is 0 Å². The van der Waals surface area contributed by atoms with Crippen LogP contribution in [-0.4, -0.2) is 18.4 Å². The Morgan fingerprint density at radius 2 is 1.55 bits per heavy atom. The average Bonchev–Trinajstić information content (AvgIpc) is 2.24. The Morgan fingerprint density at radius 1 is 1.05 bits per heavy atom. The van der Waals surface area contributed by atoms with Gasteiger partial charge >= 0.3 is 5.97 Å². The highest BCUT2D eigenvalue weighted by atomic mass is 16.7. The Balaban J connectivity index is 4.91. The molecular weight excluding hydrogens is 252 g/mol. The lowest BCUT2D eigenvalue weighted by atomic mass is 9.73. The summed E-state index contributed by atoms with van der Waals surface area (Å²) in [6.45, 7) is 18.4. The summed E-state index contributed by atoms with van der Waals surface area (Å²) in [5, 5.41) is 0. The number of hydrogen-bond donors (Lipinski definition) is 0. The van der Waals surface area contributed by atoms with E-state index in [1.165, 1.54) is 0 Å². The van der Waals surface area contributed by atoms with Crippen LogP contribution in [0.25, 0.3) is 0 Å². The van der Waals surface area contributed by atoms with Crippen LogP contribution in [0.5, 0.6) is 0 Å². The molecule has 0 aliphatic heterocycles. The molecule has 0 aliphatic carbocycles. The Bertz CT molecular complexity index is 302. The maximum atomic E-state index is 12.6. The van der Waals surface area contributed by atoms with Gasteiger partial charge in [0.25, 0.3) is 0 Å². The van der Waals surface area contributed by atoms with Crippen LogP contribution in [-0.2, 0) is 14.3 Å². The Morgan fingerprint density at radius 3 is 1.85 bits per heavy atom. The second-order valence-electron chi connectivity index (χ2n) is 7.85. The van der Waals surface area contributed by atoms with Gasteiger partial charge in [-0.2, -0.15) is 0 Å². The molecule has 0 fully saturated rings. The van der Waals surface area contributed by atoms with Crippen molar-refractivity contribution in [1.82, 2.24) is 0 Å². The summed E-state index contributed by atoms with van der Waals surface area (Å²) in [7, 11) is 0. The van der Waals surface area contributed by atoms with Crippen molar-refractivity contribution in [2.45, 2.75) is 87.5 Å². The van der Waals surface area contributed by atoms with E-state index < -0.39 is 11.7 Å². The fraction of sp³-hybridized carbons (Fsp3) is 0.941. The van der Waals surface area contributed by atoms with Crippen molar-refractivity contribution in [1.29, 1.82) is 0 Å². The van der Waals surface area contributed by atoms with Gasteiger partial charge in [0, 0.05) is 5.92 Å². The zero-order chi connectivity index (χ0) is 16.1. The maximum Gasteiger partial charge on any atom is 0.314 e. The molecule has 0 rings (SSSR count). The molecule has 0 aromatic carbocycles. The van der Waals surface area contributed by atoms with Gasteiger partial charge in [-0.15, -0.1) is 0 Å². The van der Waals surface area contributed by atoms with Gasteiger partial charge in [0.05, 0.1) is 11.5 Å². The Labute approximate surface area is 125 Å². The number of ether oxygens (including phenoxy) is 2. The second-order valence-corrected chi connectivity index (χ2v) is 7.85. The fourth-order valence-electron chi connectivity index (χ4n) is 2.35. The lowest BCUT2D eigenvalue weighted by molar-refractivity contribution is -0.208. The van der Waals surface area contributed by atoms with E-state index in [9.17, 15) is 4.79 Å². The first kappa shape index (κ1) is 19.4. The van der Waals surface area contributed by atoms with E-state index in [1.807, 2.05) is 41.5 Å². The summed E-state index contributed by atoms with van der Waals surface area (Å²) in [5.41, 5.74) is -0.359. The van der Waals surface area contributed by atoms with E-state index in [0.717, 1.165) is 12.8 Å². The SMILES string of the molecule is CCC(C)(CC(C)(C)C)C(=O)OC(OC(C)C)C(C)C. The van der Waals surface area contributed by atoms with Gasteiger partial charge in [0.2, 0.25) is 6.29 Å². The van der Waals surface area contributed by atoms with Crippen molar-refractivity contribution >= 4 is 5.97 Å². The van der Waals surface area contributed by atoms with Crippen LogP contribution in [0, 0.1) is 16.7 Å². The summed E-state index contributed by atoms with van der Waals surface area (Å²) in [6.07, 6.45) is 1.16. The Hall–Kier alpha value is -0.570. The molecule has 0 amide bonds. The molecule has 0 saturated carbocycles. The molecule has 20 heavy (non-hydrogen) atoms. The molecule has 0 bridgehead atoms. The monoisotopic (exact) mass is 286 g/mol. The van der Waals surface area contributed by atoms with Crippen molar-refractivity contribution in [2.75, 3.05) is 0 Å². The molecule has 0 heterocycles. The van der Waals surface area contributed by atoms with Crippen LogP contribution in [0.2, 0.25) is 0 Å². The third-order valence-corrected chi connectivity index (χ3v) is 3.37. The van der Waals surface area contributed by atoms with Crippen molar-refractivity contribution < 1.29 is 14.3 Å². The average molecular weight is 286 g/mol. The van der Waals surface area contributed by atoms with Crippen LogP contribution < -0.4 is 0 Å². The zero-order valence-corrected chi connectivity index (χ0v) is 14.9. The van der Waals surface area contributed by atoms with Gasteiger partial charge in [-0.3, -0.25) is 4.79 Å². The molecule has 2 atom stereocenters. The van der Waals surface area contributed by atoms with Gasteiger partial charge in [0.1, 0.15) is 0 Å². The summed E-state index contributed by atoms with van der Waals surface area (Å²) in [5.74, 6) is 0.00590. The smallest absolute Gasteiger partial charge is 0.314 e. The highest BCUT2D eigenvalue weighted by Gasteiger charge is 2.38. The van der Waals surface area contributed by atoms with Gasteiger partial charge in [-0.05, 0) is 39.0 Å². The van der Waals surface area contributed by atoms with E-state index in [-0.39, 0.29) is 23.4 Å². The number of hydrogen-bond acceptors (Lipinski definition) is 3. The summed E-state index contributed by atoms with van der Waals surface area (Å²) < 4.78 is 11.4. The lowest BCUT2D eigenvalue weighted by Gasteiger charge is -2.35. The first-order valence-electron chi connectivity index (χ1n) is 7.78. The molecule has 0 radical (unpaired) electrons. The molecule has 2 unspecified atom stereocenters. The van der Waals surface area contributed by atoms with Crippen LogP contribution in [0.4, 0.5) is 0 Å². The lowest BCUT2D eigenvalue weighted by Crippen LogP contribution is -2.38. The van der Waals surface area contributed by atoms with Crippen LogP contribution in [0.1, 0.15) is 75.2 Å². The van der Waals surface area contributed by atoms with Crippen LogP contribution in [0.3, 0.4) is 0 Å². The molecule has 0 N–H and O–H groups in total. The number of carbonyl (C=O) groups is 1. The number of esters is 1. The minimum absolute atomic E-state index is 0.0469. The van der Waals surface area contributed by atoms with Gasteiger partial charge in [-0.1, -0.05) is 41.5 Å². The maximum absolute atomic E-state index is 12.6. The predicted octanol–water partition coefficient (Wildman–Crippen LogP) is 4.79. The first-order valence-corrected chi connectivity index (χ1v) is 7.78. The molecular formula is C17H34O3. The van der Waals surface area contributed by atoms with Crippen molar-refractivity contribution in [3.63, 3.8) is 0 Å². The molecule has 0 aromatic heterocycles. The topological polar surface area (TPSA) is 35.5 Å². The molecule has 3 nitrogen and oxygen atoms in total. The minimum atomic E-state index is -0.464. The van der Waals surface area contributed by atoms with E-state index in [1.54, 1.807) is 0 Å². The molecule has 0 saturated heterocycles. The second kappa shape index (κ2) is 7.44. The van der Waals surface area contributed by atoms with Crippen molar-refractivity contribution in [3.05, 3.63) is 0 Å². The molecule has 0 spiro atoms. The van der Waals surface area contributed by atoms with E-state index in [2.05, 4.69) is 20.8 Å². The quantitative estimate of drug-likeness (QED) is 0.498. The normalized spacial score (nSPS) is 17.1. The fourth-order valence-corrected chi connectivity index (χ4v) is 2.35. The summed E-state index contributed by atoms with van der Waals surface area (Å²) in [4.78, 5) is 12.6.